The minimum Gasteiger partial charge on any atom is -0.490 e. The molecule has 0 aliphatic carbocycles. The Bertz CT molecular complexity index is 703. The van der Waals surface area contributed by atoms with Gasteiger partial charge in [-0.15, -0.1) is 0 Å². The number of fused-ring (bicyclic) bond motifs is 1. The fourth-order valence-corrected chi connectivity index (χ4v) is 2.26. The molecule has 0 N–H and O–H groups in total. The maximum Gasteiger partial charge on any atom is 0.342 e. The highest BCUT2D eigenvalue weighted by molar-refractivity contribution is 5.98. The molecule has 22 heavy (non-hydrogen) atoms. The number of carbonyl (C=O) groups is 1. The largest absolute Gasteiger partial charge is 0.490 e. The lowest BCUT2D eigenvalue weighted by Crippen LogP contribution is -2.13. The topological polar surface area (TPSA) is 60.6 Å². The lowest BCUT2D eigenvalue weighted by molar-refractivity contribution is 0.0472. The Morgan fingerprint density at radius 2 is 1.68 bits per heavy atom. The van der Waals surface area contributed by atoms with E-state index in [1.54, 1.807) is 0 Å². The van der Waals surface area contributed by atoms with Gasteiger partial charge in [0.1, 0.15) is 36.7 Å². The normalized spacial score (nSPS) is 22.4. The van der Waals surface area contributed by atoms with E-state index in [0.29, 0.717) is 31.1 Å². The molecule has 0 bridgehead atoms. The van der Waals surface area contributed by atoms with Gasteiger partial charge in [0.2, 0.25) is 0 Å². The lowest BCUT2D eigenvalue weighted by atomic mass is 10.1. The van der Waals surface area contributed by atoms with E-state index in [1.165, 1.54) is 0 Å². The molecule has 2 fully saturated rings. The first-order chi connectivity index (χ1) is 10.8. The van der Waals surface area contributed by atoms with Gasteiger partial charge < -0.3 is 18.9 Å². The minimum atomic E-state index is -0.382. The Hall–Kier alpha value is -2.11. The third-order valence-corrected chi connectivity index (χ3v) is 3.70. The van der Waals surface area contributed by atoms with Gasteiger partial charge in [0.25, 0.3) is 0 Å². The lowest BCUT2D eigenvalue weighted by Gasteiger charge is -2.12. The second-order valence-corrected chi connectivity index (χ2v) is 5.52. The Labute approximate surface area is 127 Å². The monoisotopic (exact) mass is 300 g/mol. The minimum absolute atomic E-state index is 0.0497. The first kappa shape index (κ1) is 13.5. The highest BCUT2D eigenvalue weighted by Crippen LogP contribution is 2.28. The molecule has 5 heteroatoms. The molecule has 0 saturated carbocycles. The quantitative estimate of drug-likeness (QED) is 0.604. The molecule has 0 radical (unpaired) electrons. The molecular weight excluding hydrogens is 284 g/mol. The van der Waals surface area contributed by atoms with Crippen molar-refractivity contribution in [3.05, 3.63) is 42.0 Å². The summed E-state index contributed by atoms with van der Waals surface area (Å²) in [5.41, 5.74) is 0.444. The molecule has 0 spiro atoms. The average molecular weight is 300 g/mol. The highest BCUT2D eigenvalue weighted by Gasteiger charge is 2.27. The summed E-state index contributed by atoms with van der Waals surface area (Å²) in [4.78, 5) is 12.3. The number of benzene rings is 2. The molecule has 2 unspecified atom stereocenters. The Kier molecular flexibility index (Phi) is 3.44. The van der Waals surface area contributed by atoms with Crippen molar-refractivity contribution in [2.24, 2.45) is 0 Å². The van der Waals surface area contributed by atoms with Gasteiger partial charge >= 0.3 is 5.97 Å². The zero-order valence-electron chi connectivity index (χ0n) is 12.0. The smallest absolute Gasteiger partial charge is 0.342 e. The number of rotatable bonds is 6. The van der Waals surface area contributed by atoms with Crippen molar-refractivity contribution in [1.29, 1.82) is 0 Å². The van der Waals surface area contributed by atoms with Crippen molar-refractivity contribution < 1.29 is 23.7 Å². The molecule has 0 amide bonds. The second-order valence-electron chi connectivity index (χ2n) is 5.52. The summed E-state index contributed by atoms with van der Waals surface area (Å²) >= 11 is 0. The predicted octanol–water partition coefficient (Wildman–Crippen LogP) is 2.17. The van der Waals surface area contributed by atoms with E-state index >= 15 is 0 Å². The molecule has 0 aromatic heterocycles. The maximum atomic E-state index is 12.3. The van der Waals surface area contributed by atoms with Crippen LogP contribution >= 0.6 is 0 Å². The predicted molar refractivity (Wildman–Crippen MR) is 79.2 cm³/mol. The molecule has 114 valence electrons. The van der Waals surface area contributed by atoms with Gasteiger partial charge in [-0.3, -0.25) is 0 Å². The summed E-state index contributed by atoms with van der Waals surface area (Å²) in [5.74, 6) is 0.156. The van der Waals surface area contributed by atoms with Crippen LogP contribution in [0.25, 0.3) is 10.8 Å². The first-order valence-electron chi connectivity index (χ1n) is 7.35. The van der Waals surface area contributed by atoms with Gasteiger partial charge in [-0.1, -0.05) is 24.3 Å². The number of ether oxygens (including phenoxy) is 4. The molecule has 2 aliphatic heterocycles. The van der Waals surface area contributed by atoms with Crippen LogP contribution in [0.1, 0.15) is 10.4 Å². The standard InChI is InChI=1S/C17H16O5/c18-17(22-10-14-8-20-14)15-5-11-3-1-2-4-12(11)6-16(15)21-9-13-7-19-13/h1-6,13-14H,7-10H2. The van der Waals surface area contributed by atoms with Crippen LogP contribution in [-0.4, -0.2) is 44.6 Å². The van der Waals surface area contributed by atoms with Gasteiger partial charge in [0, 0.05) is 0 Å². The van der Waals surface area contributed by atoms with Crippen LogP contribution in [0.4, 0.5) is 0 Å². The van der Waals surface area contributed by atoms with E-state index in [9.17, 15) is 4.79 Å². The molecule has 5 nitrogen and oxygen atoms in total. The molecule has 2 atom stereocenters. The molecule has 2 aliphatic rings. The van der Waals surface area contributed by atoms with E-state index in [4.69, 9.17) is 18.9 Å². The Morgan fingerprint density at radius 3 is 2.36 bits per heavy atom. The number of hydrogen-bond acceptors (Lipinski definition) is 5. The van der Waals surface area contributed by atoms with Crippen LogP contribution in [0.2, 0.25) is 0 Å². The van der Waals surface area contributed by atoms with Crippen molar-refractivity contribution in [3.8, 4) is 5.75 Å². The Balaban J connectivity index is 1.61. The second kappa shape index (κ2) is 5.59. The zero-order chi connectivity index (χ0) is 14.9. The molecular formula is C17H16O5. The highest BCUT2D eigenvalue weighted by atomic mass is 16.6. The van der Waals surface area contributed by atoms with E-state index in [2.05, 4.69) is 0 Å². The molecule has 2 aromatic rings. The summed E-state index contributed by atoms with van der Waals surface area (Å²) in [6, 6.07) is 11.5. The van der Waals surface area contributed by atoms with Crippen LogP contribution in [0, 0.1) is 0 Å². The first-order valence-corrected chi connectivity index (χ1v) is 7.35. The van der Waals surface area contributed by atoms with Crippen LogP contribution in [0.15, 0.2) is 36.4 Å². The summed E-state index contributed by atoms with van der Waals surface area (Å²) in [5, 5.41) is 2.00. The van der Waals surface area contributed by atoms with Crippen molar-refractivity contribution in [3.63, 3.8) is 0 Å². The molecule has 2 aromatic carbocycles. The van der Waals surface area contributed by atoms with Crippen molar-refractivity contribution in [2.45, 2.75) is 12.2 Å². The fraction of sp³-hybridized carbons (Fsp3) is 0.353. The van der Waals surface area contributed by atoms with Crippen molar-refractivity contribution >= 4 is 16.7 Å². The van der Waals surface area contributed by atoms with Gasteiger partial charge in [-0.05, 0) is 22.9 Å². The summed E-state index contributed by atoms with van der Waals surface area (Å²) in [7, 11) is 0. The fourth-order valence-electron chi connectivity index (χ4n) is 2.26. The van der Waals surface area contributed by atoms with Crippen LogP contribution in [0.3, 0.4) is 0 Å². The number of hydrogen-bond donors (Lipinski definition) is 0. The van der Waals surface area contributed by atoms with E-state index in [-0.39, 0.29) is 24.8 Å². The van der Waals surface area contributed by atoms with Gasteiger partial charge in [0.05, 0.1) is 13.2 Å². The van der Waals surface area contributed by atoms with Crippen LogP contribution < -0.4 is 4.74 Å². The van der Waals surface area contributed by atoms with Gasteiger partial charge in [-0.2, -0.15) is 0 Å². The maximum absolute atomic E-state index is 12.3. The van der Waals surface area contributed by atoms with Crippen molar-refractivity contribution in [1.82, 2.24) is 0 Å². The van der Waals surface area contributed by atoms with Crippen molar-refractivity contribution in [2.75, 3.05) is 26.4 Å². The third-order valence-electron chi connectivity index (χ3n) is 3.70. The Morgan fingerprint density at radius 1 is 1.05 bits per heavy atom. The zero-order valence-corrected chi connectivity index (χ0v) is 12.0. The number of epoxide rings is 2. The average Bonchev–Trinajstić information content (AvgIpc) is 3.44. The molecule has 4 rings (SSSR count). The van der Waals surface area contributed by atoms with Crippen LogP contribution in [0.5, 0.6) is 5.75 Å². The molecule has 2 heterocycles. The summed E-state index contributed by atoms with van der Waals surface area (Å²) < 4.78 is 21.2. The van der Waals surface area contributed by atoms with E-state index in [1.807, 2.05) is 36.4 Å². The van der Waals surface area contributed by atoms with E-state index in [0.717, 1.165) is 10.8 Å². The van der Waals surface area contributed by atoms with Gasteiger partial charge in [0.15, 0.2) is 0 Å². The van der Waals surface area contributed by atoms with Gasteiger partial charge in [-0.25, -0.2) is 4.79 Å². The number of esters is 1. The van der Waals surface area contributed by atoms with Crippen LogP contribution in [-0.2, 0) is 14.2 Å². The summed E-state index contributed by atoms with van der Waals surface area (Å²) in [6.45, 7) is 2.11. The third kappa shape index (κ3) is 3.05. The summed E-state index contributed by atoms with van der Waals surface area (Å²) in [6.07, 6.45) is 0.184. The number of carbonyl (C=O) groups excluding carboxylic acids is 1. The van der Waals surface area contributed by atoms with E-state index < -0.39 is 0 Å². The SMILES string of the molecule is O=C(OCC1CO1)c1cc2ccccc2cc1OCC1CO1. The molecule has 2 saturated heterocycles.